The minimum absolute atomic E-state index is 0.0755. The third-order valence-corrected chi connectivity index (χ3v) is 5.07. The van der Waals surface area contributed by atoms with Gasteiger partial charge in [-0.2, -0.15) is 0 Å². The van der Waals surface area contributed by atoms with Gasteiger partial charge in [-0.15, -0.1) is 6.58 Å². The highest BCUT2D eigenvalue weighted by atomic mass is 16.5. The molecule has 6 nitrogen and oxygen atoms in total. The van der Waals surface area contributed by atoms with Crippen molar-refractivity contribution in [1.29, 1.82) is 0 Å². The lowest BCUT2D eigenvalue weighted by atomic mass is 9.53. The quantitative estimate of drug-likeness (QED) is 0.587. The Kier molecular flexibility index (Phi) is 4.18. The highest BCUT2D eigenvalue weighted by Gasteiger charge is 2.58. The van der Waals surface area contributed by atoms with Gasteiger partial charge in [0.05, 0.1) is 18.9 Å². The Morgan fingerprint density at radius 3 is 2.67 bits per heavy atom. The number of methoxy groups -OCH3 is 1. The number of esters is 1. The maximum Gasteiger partial charge on any atom is 0.310 e. The molecule has 0 aliphatic heterocycles. The number of carbonyl (C=O) groups excluding carboxylic acids is 2. The normalized spacial score (nSPS) is 39.2. The van der Waals surface area contributed by atoms with Gasteiger partial charge in [-0.3, -0.25) is 14.4 Å². The smallest absolute Gasteiger partial charge is 0.310 e. The summed E-state index contributed by atoms with van der Waals surface area (Å²) in [5, 5.41) is 9.33. The molecule has 0 aromatic carbocycles. The van der Waals surface area contributed by atoms with Crippen LogP contribution in [0.15, 0.2) is 12.7 Å². The second-order valence-corrected chi connectivity index (χ2v) is 5.97. The summed E-state index contributed by atoms with van der Waals surface area (Å²) in [6.07, 6.45) is 2.74. The number of ether oxygens (including phenoxy) is 1. The van der Waals surface area contributed by atoms with Gasteiger partial charge in [-0.05, 0) is 19.3 Å². The van der Waals surface area contributed by atoms with Gasteiger partial charge >= 0.3 is 11.9 Å². The van der Waals surface area contributed by atoms with Gasteiger partial charge in [0.1, 0.15) is 5.78 Å². The van der Waals surface area contributed by atoms with Gasteiger partial charge in [0.15, 0.2) is 0 Å². The summed E-state index contributed by atoms with van der Waals surface area (Å²) in [7, 11) is 1.30. The van der Waals surface area contributed by atoms with Crippen molar-refractivity contribution in [1.82, 2.24) is 0 Å². The van der Waals surface area contributed by atoms with E-state index in [0.717, 1.165) is 0 Å². The van der Waals surface area contributed by atoms with Crippen molar-refractivity contribution in [3.63, 3.8) is 0 Å². The Bertz CT molecular complexity index is 488. The monoisotopic (exact) mass is 295 g/mol. The standard InChI is InChI=1S/C15H21NO5/c1-3-8-9(13(18)19)6-7-15(16)10(14(20)21-2)4-5-11(17)12(8)15/h3,8-10,12H,1,4-7,16H2,2H3,(H,18,19)/t8-,9+,10-,12-,15+/m0/s1. The molecule has 0 saturated heterocycles. The second kappa shape index (κ2) is 5.60. The molecule has 0 aromatic heterocycles. The number of carboxylic acid groups (broad SMARTS) is 1. The van der Waals surface area contributed by atoms with Crippen LogP contribution in [0.5, 0.6) is 0 Å². The summed E-state index contributed by atoms with van der Waals surface area (Å²) in [4.78, 5) is 35.7. The molecule has 0 heterocycles. The predicted octanol–water partition coefficient (Wildman–Crippen LogP) is 0.749. The molecule has 2 saturated carbocycles. The third-order valence-electron chi connectivity index (χ3n) is 5.07. The Morgan fingerprint density at radius 2 is 2.14 bits per heavy atom. The van der Waals surface area contributed by atoms with Crippen molar-refractivity contribution in [3.05, 3.63) is 12.7 Å². The van der Waals surface area contributed by atoms with E-state index in [2.05, 4.69) is 6.58 Å². The number of hydrogen-bond acceptors (Lipinski definition) is 5. The van der Waals surface area contributed by atoms with E-state index in [9.17, 15) is 19.5 Å². The first-order valence-electron chi connectivity index (χ1n) is 7.11. The number of aliphatic carboxylic acids is 1. The van der Waals surface area contributed by atoms with Gasteiger partial charge in [0.2, 0.25) is 0 Å². The number of nitrogens with two attached hydrogens (primary N) is 1. The van der Waals surface area contributed by atoms with Crippen molar-refractivity contribution in [2.24, 2.45) is 29.4 Å². The maximum atomic E-state index is 12.4. The molecule has 6 heteroatoms. The lowest BCUT2D eigenvalue weighted by Gasteiger charge is -2.52. The van der Waals surface area contributed by atoms with Crippen molar-refractivity contribution >= 4 is 17.7 Å². The highest BCUT2D eigenvalue weighted by molar-refractivity contribution is 5.88. The summed E-state index contributed by atoms with van der Waals surface area (Å²) in [6, 6.07) is 0. The van der Waals surface area contributed by atoms with Crippen LogP contribution in [0.25, 0.3) is 0 Å². The average Bonchev–Trinajstić information content (AvgIpc) is 2.45. The zero-order chi connectivity index (χ0) is 15.8. The zero-order valence-corrected chi connectivity index (χ0v) is 12.1. The van der Waals surface area contributed by atoms with Crippen LogP contribution in [0, 0.1) is 23.7 Å². The second-order valence-electron chi connectivity index (χ2n) is 5.97. The molecular weight excluding hydrogens is 274 g/mol. The van der Waals surface area contributed by atoms with Crippen LogP contribution >= 0.6 is 0 Å². The SMILES string of the molecule is C=C[C@@H]1[C@H]2C(=O)CC[C@@H](C(=O)OC)[C@]2(N)CC[C@H]1C(=O)O. The molecule has 2 rings (SSSR count). The van der Waals surface area contributed by atoms with E-state index in [1.165, 1.54) is 13.2 Å². The fourth-order valence-corrected chi connectivity index (χ4v) is 4.03. The van der Waals surface area contributed by atoms with Gasteiger partial charge in [0.25, 0.3) is 0 Å². The van der Waals surface area contributed by atoms with Crippen LogP contribution in [-0.2, 0) is 19.1 Å². The molecule has 0 amide bonds. The van der Waals surface area contributed by atoms with E-state index in [4.69, 9.17) is 10.5 Å². The van der Waals surface area contributed by atoms with Crippen molar-refractivity contribution in [2.45, 2.75) is 31.2 Å². The molecule has 2 aliphatic carbocycles. The Morgan fingerprint density at radius 1 is 1.48 bits per heavy atom. The van der Waals surface area contributed by atoms with Crippen LogP contribution < -0.4 is 5.73 Å². The van der Waals surface area contributed by atoms with E-state index in [1.54, 1.807) is 0 Å². The van der Waals surface area contributed by atoms with Gasteiger partial charge in [0, 0.05) is 23.8 Å². The fourth-order valence-electron chi connectivity index (χ4n) is 4.03. The summed E-state index contributed by atoms with van der Waals surface area (Å²) in [5.74, 6) is -3.91. The van der Waals surface area contributed by atoms with Crippen LogP contribution in [0.4, 0.5) is 0 Å². The van der Waals surface area contributed by atoms with Gasteiger partial charge in [-0.25, -0.2) is 0 Å². The van der Waals surface area contributed by atoms with E-state index in [-0.39, 0.29) is 12.2 Å². The molecule has 3 N–H and O–H groups in total. The molecular formula is C15H21NO5. The minimum atomic E-state index is -1.03. The first kappa shape index (κ1) is 15.7. The third kappa shape index (κ3) is 2.37. The van der Waals surface area contributed by atoms with Crippen LogP contribution in [0.1, 0.15) is 25.7 Å². The van der Waals surface area contributed by atoms with E-state index < -0.39 is 41.1 Å². The number of ketones is 1. The number of fused-ring (bicyclic) bond motifs is 1. The fraction of sp³-hybridized carbons (Fsp3) is 0.667. The van der Waals surface area contributed by atoms with Crippen molar-refractivity contribution in [2.75, 3.05) is 7.11 Å². The molecule has 2 fully saturated rings. The van der Waals surface area contributed by atoms with Gasteiger partial charge in [-0.1, -0.05) is 6.08 Å². The van der Waals surface area contributed by atoms with Crippen LogP contribution in [0.2, 0.25) is 0 Å². The molecule has 5 atom stereocenters. The van der Waals surface area contributed by atoms with E-state index in [0.29, 0.717) is 19.3 Å². The van der Waals surface area contributed by atoms with Crippen LogP contribution in [-0.4, -0.2) is 35.5 Å². The number of carbonyl (C=O) groups is 3. The van der Waals surface area contributed by atoms with Crippen LogP contribution in [0.3, 0.4) is 0 Å². The van der Waals surface area contributed by atoms with E-state index >= 15 is 0 Å². The highest BCUT2D eigenvalue weighted by Crippen LogP contribution is 2.49. The first-order chi connectivity index (χ1) is 9.86. The lowest BCUT2D eigenvalue weighted by Crippen LogP contribution is -2.66. The number of hydrogen-bond donors (Lipinski definition) is 2. The summed E-state index contributed by atoms with van der Waals surface area (Å²) < 4.78 is 4.81. The lowest BCUT2D eigenvalue weighted by molar-refractivity contribution is -0.159. The molecule has 0 unspecified atom stereocenters. The Hall–Kier alpha value is -1.69. The van der Waals surface area contributed by atoms with E-state index in [1.807, 2.05) is 0 Å². The average molecular weight is 295 g/mol. The maximum absolute atomic E-state index is 12.4. The molecule has 2 aliphatic rings. The number of allylic oxidation sites excluding steroid dienone is 1. The summed E-state index contributed by atoms with van der Waals surface area (Å²) >= 11 is 0. The summed E-state index contributed by atoms with van der Waals surface area (Å²) in [5.41, 5.74) is 5.41. The minimum Gasteiger partial charge on any atom is -0.481 e. The molecule has 0 radical (unpaired) electrons. The molecule has 0 aromatic rings. The summed E-state index contributed by atoms with van der Waals surface area (Å²) in [6.45, 7) is 3.68. The molecule has 116 valence electrons. The largest absolute Gasteiger partial charge is 0.481 e. The Balaban J connectivity index is 2.43. The predicted molar refractivity (Wildman–Crippen MR) is 74.2 cm³/mol. The topological polar surface area (TPSA) is 107 Å². The number of carboxylic acids is 1. The zero-order valence-electron chi connectivity index (χ0n) is 12.1. The van der Waals surface area contributed by atoms with Crippen molar-refractivity contribution in [3.8, 4) is 0 Å². The first-order valence-corrected chi connectivity index (χ1v) is 7.11. The molecule has 21 heavy (non-hydrogen) atoms. The van der Waals surface area contributed by atoms with Crippen molar-refractivity contribution < 1.29 is 24.2 Å². The molecule has 0 spiro atoms. The number of Topliss-reactive ketones (excluding diaryl/α,β-unsaturated/α-hetero) is 1. The molecule has 0 bridgehead atoms. The Labute approximate surface area is 123 Å². The number of rotatable bonds is 3. The van der Waals surface area contributed by atoms with Gasteiger partial charge < -0.3 is 15.6 Å².